The van der Waals surface area contributed by atoms with E-state index in [2.05, 4.69) is 0 Å². The molecule has 1 amide bonds. The van der Waals surface area contributed by atoms with Gasteiger partial charge in [-0.15, -0.1) is 0 Å². The summed E-state index contributed by atoms with van der Waals surface area (Å²) in [6, 6.07) is 6.17. The monoisotopic (exact) mass is 310 g/mol. The molecule has 2 saturated heterocycles. The maximum atomic E-state index is 12.4. The molecule has 0 N–H and O–H groups in total. The Balaban J connectivity index is 1.78. The summed E-state index contributed by atoms with van der Waals surface area (Å²) in [5.74, 6) is -0.127. The first-order valence-electron chi connectivity index (χ1n) is 7.06. The van der Waals surface area contributed by atoms with Crippen LogP contribution >= 0.6 is 0 Å². The second-order valence-corrected chi connectivity index (χ2v) is 7.18. The lowest BCUT2D eigenvalue weighted by Gasteiger charge is -2.16. The SMILES string of the molecule is O=C(c1ccc(S(=O)(=O)N2CCCC2)cc1)N1CCOC1. The van der Waals surface area contributed by atoms with E-state index in [0.29, 0.717) is 38.5 Å². The van der Waals surface area contributed by atoms with Crippen molar-refractivity contribution in [2.75, 3.05) is 33.0 Å². The fraction of sp³-hybridized carbons (Fsp3) is 0.500. The Morgan fingerprint density at radius 2 is 1.71 bits per heavy atom. The summed E-state index contributed by atoms with van der Waals surface area (Å²) < 4.78 is 31.4. The smallest absolute Gasteiger partial charge is 0.255 e. The molecule has 0 aliphatic carbocycles. The van der Waals surface area contributed by atoms with E-state index in [9.17, 15) is 13.2 Å². The number of ether oxygens (including phenoxy) is 1. The Hall–Kier alpha value is -1.44. The Morgan fingerprint density at radius 3 is 2.29 bits per heavy atom. The van der Waals surface area contributed by atoms with E-state index >= 15 is 0 Å². The number of hydrogen-bond donors (Lipinski definition) is 0. The van der Waals surface area contributed by atoms with Gasteiger partial charge in [-0.05, 0) is 37.1 Å². The van der Waals surface area contributed by atoms with Gasteiger partial charge in [0, 0.05) is 25.2 Å². The standard InChI is InChI=1S/C14H18N2O4S/c17-14(15-9-10-20-11-15)12-3-5-13(6-4-12)21(18,19)16-7-1-2-8-16/h3-6H,1-2,7-11H2. The van der Waals surface area contributed by atoms with Crippen molar-refractivity contribution in [2.45, 2.75) is 17.7 Å². The summed E-state index contributed by atoms with van der Waals surface area (Å²) >= 11 is 0. The molecular weight excluding hydrogens is 292 g/mol. The largest absolute Gasteiger partial charge is 0.359 e. The average Bonchev–Trinajstić information content (AvgIpc) is 3.19. The molecule has 2 fully saturated rings. The van der Waals surface area contributed by atoms with E-state index in [0.717, 1.165) is 12.8 Å². The highest BCUT2D eigenvalue weighted by Gasteiger charge is 2.27. The van der Waals surface area contributed by atoms with Crippen LogP contribution in [0.25, 0.3) is 0 Å². The number of hydrogen-bond acceptors (Lipinski definition) is 4. The number of amides is 1. The van der Waals surface area contributed by atoms with Gasteiger partial charge in [0.05, 0.1) is 11.5 Å². The topological polar surface area (TPSA) is 66.9 Å². The molecule has 0 atom stereocenters. The van der Waals surface area contributed by atoms with Crippen molar-refractivity contribution < 1.29 is 17.9 Å². The highest BCUT2D eigenvalue weighted by Crippen LogP contribution is 2.21. The zero-order valence-electron chi connectivity index (χ0n) is 11.7. The van der Waals surface area contributed by atoms with E-state index in [1.165, 1.54) is 16.4 Å². The lowest BCUT2D eigenvalue weighted by atomic mass is 10.2. The third kappa shape index (κ3) is 2.81. The van der Waals surface area contributed by atoms with E-state index in [4.69, 9.17) is 4.74 Å². The number of nitrogens with zero attached hydrogens (tertiary/aromatic N) is 2. The van der Waals surface area contributed by atoms with Gasteiger partial charge in [-0.2, -0.15) is 4.31 Å². The molecule has 114 valence electrons. The number of sulfonamides is 1. The summed E-state index contributed by atoms with van der Waals surface area (Å²) in [5, 5.41) is 0. The van der Waals surface area contributed by atoms with Gasteiger partial charge in [-0.25, -0.2) is 8.42 Å². The molecule has 0 unspecified atom stereocenters. The van der Waals surface area contributed by atoms with Crippen molar-refractivity contribution in [2.24, 2.45) is 0 Å². The van der Waals surface area contributed by atoms with Crippen LogP contribution in [-0.2, 0) is 14.8 Å². The minimum absolute atomic E-state index is 0.127. The second kappa shape index (κ2) is 5.75. The first-order valence-corrected chi connectivity index (χ1v) is 8.50. The fourth-order valence-corrected chi connectivity index (χ4v) is 4.12. The third-order valence-electron chi connectivity index (χ3n) is 3.84. The first-order chi connectivity index (χ1) is 10.1. The first kappa shape index (κ1) is 14.5. The number of carbonyl (C=O) groups is 1. The van der Waals surface area contributed by atoms with Gasteiger partial charge >= 0.3 is 0 Å². The second-order valence-electron chi connectivity index (χ2n) is 5.24. The third-order valence-corrected chi connectivity index (χ3v) is 5.76. The highest BCUT2D eigenvalue weighted by molar-refractivity contribution is 7.89. The summed E-state index contributed by atoms with van der Waals surface area (Å²) in [4.78, 5) is 14.0. The van der Waals surface area contributed by atoms with E-state index in [-0.39, 0.29) is 10.8 Å². The van der Waals surface area contributed by atoms with Gasteiger partial charge in [-0.3, -0.25) is 4.79 Å². The van der Waals surface area contributed by atoms with Crippen LogP contribution in [0.3, 0.4) is 0 Å². The van der Waals surface area contributed by atoms with Crippen LogP contribution in [0.4, 0.5) is 0 Å². The molecule has 2 aliphatic heterocycles. The van der Waals surface area contributed by atoms with Crippen molar-refractivity contribution >= 4 is 15.9 Å². The van der Waals surface area contributed by atoms with Crippen LogP contribution < -0.4 is 0 Å². The van der Waals surface area contributed by atoms with E-state index in [1.807, 2.05) is 0 Å². The summed E-state index contributed by atoms with van der Waals surface area (Å²) in [6.45, 7) is 2.58. The molecule has 2 aliphatic rings. The lowest BCUT2D eigenvalue weighted by molar-refractivity contribution is 0.0695. The molecule has 1 aromatic carbocycles. The number of rotatable bonds is 3. The Labute approximate surface area is 124 Å². The maximum absolute atomic E-state index is 12.4. The van der Waals surface area contributed by atoms with Crippen molar-refractivity contribution in [1.29, 1.82) is 0 Å². The zero-order valence-corrected chi connectivity index (χ0v) is 12.5. The molecule has 0 saturated carbocycles. The molecule has 0 spiro atoms. The van der Waals surface area contributed by atoms with Crippen molar-refractivity contribution in [3.63, 3.8) is 0 Å². The van der Waals surface area contributed by atoms with Crippen LogP contribution in [0.1, 0.15) is 23.2 Å². The molecule has 2 heterocycles. The van der Waals surface area contributed by atoms with Gasteiger partial charge in [0.2, 0.25) is 10.0 Å². The molecule has 21 heavy (non-hydrogen) atoms. The zero-order chi connectivity index (χ0) is 14.9. The summed E-state index contributed by atoms with van der Waals surface area (Å²) in [5.41, 5.74) is 0.487. The molecule has 6 nitrogen and oxygen atoms in total. The quantitative estimate of drug-likeness (QED) is 0.832. The van der Waals surface area contributed by atoms with E-state index < -0.39 is 10.0 Å². The van der Waals surface area contributed by atoms with Crippen molar-refractivity contribution in [3.05, 3.63) is 29.8 Å². The highest BCUT2D eigenvalue weighted by atomic mass is 32.2. The predicted octanol–water partition coefficient (Wildman–Crippen LogP) is 0.901. The molecular formula is C14H18N2O4S. The fourth-order valence-electron chi connectivity index (χ4n) is 2.60. The van der Waals surface area contributed by atoms with Crippen LogP contribution in [-0.4, -0.2) is 56.5 Å². The molecule has 0 bridgehead atoms. The van der Waals surface area contributed by atoms with Crippen LogP contribution in [0, 0.1) is 0 Å². The van der Waals surface area contributed by atoms with Gasteiger partial charge in [0.1, 0.15) is 6.73 Å². The molecule has 7 heteroatoms. The van der Waals surface area contributed by atoms with Crippen molar-refractivity contribution in [3.8, 4) is 0 Å². The van der Waals surface area contributed by atoms with Crippen LogP contribution in [0.5, 0.6) is 0 Å². The minimum atomic E-state index is -3.42. The average molecular weight is 310 g/mol. The van der Waals surface area contributed by atoms with Crippen LogP contribution in [0.15, 0.2) is 29.2 Å². The molecule has 0 radical (unpaired) electrons. The van der Waals surface area contributed by atoms with Crippen LogP contribution in [0.2, 0.25) is 0 Å². The molecule has 1 aromatic rings. The van der Waals surface area contributed by atoms with Gasteiger partial charge in [0.25, 0.3) is 5.91 Å². The summed E-state index contributed by atoms with van der Waals surface area (Å²) in [7, 11) is -3.42. The van der Waals surface area contributed by atoms with Gasteiger partial charge < -0.3 is 9.64 Å². The number of carbonyl (C=O) groups excluding carboxylic acids is 1. The predicted molar refractivity (Wildman–Crippen MR) is 76.3 cm³/mol. The van der Waals surface area contributed by atoms with E-state index in [1.54, 1.807) is 17.0 Å². The minimum Gasteiger partial charge on any atom is -0.359 e. The molecule has 3 rings (SSSR count). The van der Waals surface area contributed by atoms with Gasteiger partial charge in [0.15, 0.2) is 0 Å². The Morgan fingerprint density at radius 1 is 1.05 bits per heavy atom. The lowest BCUT2D eigenvalue weighted by Crippen LogP contribution is -2.29. The number of benzene rings is 1. The normalized spacial score (nSPS) is 20.1. The van der Waals surface area contributed by atoms with Crippen molar-refractivity contribution in [1.82, 2.24) is 9.21 Å². The Kier molecular flexibility index (Phi) is 3.97. The Bertz CT molecular complexity index is 615. The maximum Gasteiger partial charge on any atom is 0.255 e. The molecule has 0 aromatic heterocycles. The summed E-state index contributed by atoms with van der Waals surface area (Å²) in [6.07, 6.45) is 1.81. The van der Waals surface area contributed by atoms with Gasteiger partial charge in [-0.1, -0.05) is 0 Å².